The van der Waals surface area contributed by atoms with E-state index < -0.39 is 0 Å². The predicted molar refractivity (Wildman–Crippen MR) is 85.0 cm³/mol. The Morgan fingerprint density at radius 2 is 2.10 bits per heavy atom. The van der Waals surface area contributed by atoms with E-state index in [4.69, 9.17) is 5.73 Å². The van der Waals surface area contributed by atoms with Crippen LogP contribution in [-0.4, -0.2) is 21.1 Å². The standard InChI is InChI=1S/C15H18N4OS/c1-10(2)21-12-6-4-3-5-11(12)15(20)18-9-14-17-8-7-13(16)19-14/h3-8,10H,9H2,1-2H3,(H,18,20)(H2,16,17,19). The van der Waals surface area contributed by atoms with Gasteiger partial charge in [0.05, 0.1) is 12.1 Å². The molecule has 0 aliphatic carbocycles. The van der Waals surface area contributed by atoms with Gasteiger partial charge in [-0.1, -0.05) is 26.0 Å². The molecule has 2 rings (SSSR count). The van der Waals surface area contributed by atoms with E-state index in [0.29, 0.717) is 22.5 Å². The van der Waals surface area contributed by atoms with Crippen LogP contribution >= 0.6 is 11.8 Å². The summed E-state index contributed by atoms with van der Waals surface area (Å²) in [4.78, 5) is 21.4. The first-order valence-electron chi connectivity index (χ1n) is 6.67. The first kappa shape index (κ1) is 15.3. The Morgan fingerprint density at radius 1 is 1.33 bits per heavy atom. The van der Waals surface area contributed by atoms with Gasteiger partial charge >= 0.3 is 0 Å². The number of thioether (sulfide) groups is 1. The zero-order valence-corrected chi connectivity index (χ0v) is 12.9. The lowest BCUT2D eigenvalue weighted by Gasteiger charge is -2.11. The Hall–Kier alpha value is -2.08. The molecule has 0 saturated carbocycles. The van der Waals surface area contributed by atoms with Crippen LogP contribution in [0.1, 0.15) is 30.0 Å². The number of nitrogens with zero attached hydrogens (tertiary/aromatic N) is 2. The number of amides is 1. The van der Waals surface area contributed by atoms with Gasteiger partial charge in [0.2, 0.25) is 0 Å². The number of hydrogen-bond donors (Lipinski definition) is 2. The van der Waals surface area contributed by atoms with E-state index in [1.807, 2.05) is 24.3 Å². The van der Waals surface area contributed by atoms with E-state index in [1.54, 1.807) is 24.0 Å². The molecule has 1 heterocycles. The zero-order chi connectivity index (χ0) is 15.2. The molecule has 3 N–H and O–H groups in total. The SMILES string of the molecule is CC(C)Sc1ccccc1C(=O)NCc1nccc(N)n1. The summed E-state index contributed by atoms with van der Waals surface area (Å²) in [6.45, 7) is 4.45. The van der Waals surface area contributed by atoms with Crippen molar-refractivity contribution in [2.24, 2.45) is 0 Å². The summed E-state index contributed by atoms with van der Waals surface area (Å²) in [7, 11) is 0. The fourth-order valence-electron chi connectivity index (χ4n) is 1.77. The average Bonchev–Trinajstić information content (AvgIpc) is 2.45. The molecule has 1 aromatic heterocycles. The molecule has 2 aromatic rings. The Balaban J connectivity index is 2.07. The minimum atomic E-state index is -0.134. The van der Waals surface area contributed by atoms with E-state index in [1.165, 1.54) is 0 Å². The highest BCUT2D eigenvalue weighted by molar-refractivity contribution is 8.00. The van der Waals surface area contributed by atoms with Crippen LogP contribution in [0.4, 0.5) is 5.82 Å². The number of hydrogen-bond acceptors (Lipinski definition) is 5. The second kappa shape index (κ2) is 7.08. The normalized spacial score (nSPS) is 10.6. The van der Waals surface area contributed by atoms with Crippen LogP contribution in [-0.2, 0) is 6.54 Å². The molecule has 6 heteroatoms. The van der Waals surface area contributed by atoms with Crippen molar-refractivity contribution in [3.63, 3.8) is 0 Å². The van der Waals surface area contributed by atoms with Crippen molar-refractivity contribution in [2.75, 3.05) is 5.73 Å². The highest BCUT2D eigenvalue weighted by Crippen LogP contribution is 2.26. The number of aromatic nitrogens is 2. The summed E-state index contributed by atoms with van der Waals surface area (Å²) in [6.07, 6.45) is 1.58. The molecule has 0 radical (unpaired) electrons. The number of nitrogens with one attached hydrogen (secondary N) is 1. The number of carbonyl (C=O) groups is 1. The molecular weight excluding hydrogens is 284 g/mol. The van der Waals surface area contributed by atoms with Gasteiger partial charge in [-0.05, 0) is 18.2 Å². The molecule has 0 atom stereocenters. The van der Waals surface area contributed by atoms with Crippen LogP contribution in [0.3, 0.4) is 0 Å². The van der Waals surface area contributed by atoms with Crippen LogP contribution in [0.15, 0.2) is 41.4 Å². The van der Waals surface area contributed by atoms with Crippen LogP contribution in [0.2, 0.25) is 0 Å². The maximum Gasteiger partial charge on any atom is 0.252 e. The summed E-state index contributed by atoms with van der Waals surface area (Å²) in [6, 6.07) is 9.18. The molecule has 0 spiro atoms. The number of rotatable bonds is 5. The molecule has 1 amide bonds. The van der Waals surface area contributed by atoms with Crippen molar-refractivity contribution in [3.05, 3.63) is 47.9 Å². The van der Waals surface area contributed by atoms with E-state index in [2.05, 4.69) is 29.1 Å². The molecule has 21 heavy (non-hydrogen) atoms. The van der Waals surface area contributed by atoms with E-state index in [0.717, 1.165) is 4.90 Å². The molecule has 0 bridgehead atoms. The van der Waals surface area contributed by atoms with Gasteiger partial charge in [-0.3, -0.25) is 4.79 Å². The average molecular weight is 302 g/mol. The van der Waals surface area contributed by atoms with Gasteiger partial charge in [0.25, 0.3) is 5.91 Å². The first-order valence-corrected chi connectivity index (χ1v) is 7.55. The Kier molecular flexibility index (Phi) is 5.16. The third-order valence-electron chi connectivity index (χ3n) is 2.63. The smallest absolute Gasteiger partial charge is 0.252 e. The lowest BCUT2D eigenvalue weighted by molar-refractivity contribution is 0.0947. The van der Waals surface area contributed by atoms with Crippen molar-refractivity contribution < 1.29 is 4.79 Å². The number of nitrogens with two attached hydrogens (primary N) is 1. The van der Waals surface area contributed by atoms with Crippen molar-refractivity contribution in [1.82, 2.24) is 15.3 Å². The molecule has 5 nitrogen and oxygen atoms in total. The van der Waals surface area contributed by atoms with E-state index in [-0.39, 0.29) is 12.5 Å². The molecule has 0 fully saturated rings. The van der Waals surface area contributed by atoms with Gasteiger partial charge in [-0.25, -0.2) is 9.97 Å². The van der Waals surface area contributed by atoms with E-state index >= 15 is 0 Å². The highest BCUT2D eigenvalue weighted by Gasteiger charge is 2.12. The summed E-state index contributed by atoms with van der Waals surface area (Å²) in [5.74, 6) is 0.757. The van der Waals surface area contributed by atoms with E-state index in [9.17, 15) is 4.79 Å². The lowest BCUT2D eigenvalue weighted by Crippen LogP contribution is -2.24. The Labute approximate surface area is 128 Å². The molecule has 0 aliphatic rings. The topological polar surface area (TPSA) is 80.9 Å². The van der Waals surface area contributed by atoms with Crippen molar-refractivity contribution in [3.8, 4) is 0 Å². The van der Waals surface area contributed by atoms with Crippen molar-refractivity contribution in [1.29, 1.82) is 0 Å². The maximum absolute atomic E-state index is 12.3. The number of anilines is 1. The summed E-state index contributed by atoms with van der Waals surface area (Å²) in [5, 5.41) is 3.24. The number of benzene rings is 1. The Morgan fingerprint density at radius 3 is 2.81 bits per heavy atom. The van der Waals surface area contributed by atoms with Crippen molar-refractivity contribution in [2.45, 2.75) is 30.5 Å². The largest absolute Gasteiger partial charge is 0.384 e. The third-order valence-corrected chi connectivity index (χ3v) is 3.71. The molecular formula is C15H18N4OS. The first-order chi connectivity index (χ1) is 10.1. The summed E-state index contributed by atoms with van der Waals surface area (Å²) >= 11 is 1.67. The summed E-state index contributed by atoms with van der Waals surface area (Å²) < 4.78 is 0. The highest BCUT2D eigenvalue weighted by atomic mass is 32.2. The van der Waals surface area contributed by atoms with Crippen molar-refractivity contribution >= 4 is 23.5 Å². The van der Waals surface area contributed by atoms with Crippen LogP contribution in [0.25, 0.3) is 0 Å². The molecule has 0 unspecified atom stereocenters. The monoisotopic (exact) mass is 302 g/mol. The Bertz CT molecular complexity index is 631. The zero-order valence-electron chi connectivity index (χ0n) is 12.0. The lowest BCUT2D eigenvalue weighted by atomic mass is 10.2. The number of carbonyl (C=O) groups excluding carboxylic acids is 1. The van der Waals surface area contributed by atoms with Crippen LogP contribution in [0, 0.1) is 0 Å². The number of nitrogen functional groups attached to an aromatic ring is 1. The molecule has 0 saturated heterocycles. The van der Waals surface area contributed by atoms with Crippen LogP contribution in [0.5, 0.6) is 0 Å². The minimum absolute atomic E-state index is 0.134. The second-order valence-electron chi connectivity index (χ2n) is 4.74. The van der Waals surface area contributed by atoms with Crippen LogP contribution < -0.4 is 11.1 Å². The van der Waals surface area contributed by atoms with Gasteiger partial charge in [0.15, 0.2) is 0 Å². The van der Waals surface area contributed by atoms with Gasteiger partial charge in [-0.2, -0.15) is 0 Å². The molecule has 110 valence electrons. The quantitative estimate of drug-likeness (QED) is 0.829. The van der Waals surface area contributed by atoms with Gasteiger partial charge < -0.3 is 11.1 Å². The van der Waals surface area contributed by atoms with Gasteiger partial charge in [0.1, 0.15) is 11.6 Å². The maximum atomic E-state index is 12.3. The fourth-order valence-corrected chi connectivity index (χ4v) is 2.72. The molecule has 0 aliphatic heterocycles. The fraction of sp³-hybridized carbons (Fsp3) is 0.267. The third kappa shape index (κ3) is 4.46. The molecule has 1 aromatic carbocycles. The second-order valence-corrected chi connectivity index (χ2v) is 6.36. The summed E-state index contributed by atoms with van der Waals surface area (Å²) in [5.41, 5.74) is 6.25. The van der Waals surface area contributed by atoms with Gasteiger partial charge in [0, 0.05) is 16.3 Å². The predicted octanol–water partition coefficient (Wildman–Crippen LogP) is 2.49. The minimum Gasteiger partial charge on any atom is -0.384 e. The van der Waals surface area contributed by atoms with Gasteiger partial charge in [-0.15, -0.1) is 11.8 Å².